The van der Waals surface area contributed by atoms with Crippen molar-refractivity contribution in [3.63, 3.8) is 0 Å². The van der Waals surface area contributed by atoms with Crippen LogP contribution in [-0.2, 0) is 16.0 Å². The van der Waals surface area contributed by atoms with Crippen LogP contribution in [0.3, 0.4) is 0 Å². The molecule has 1 unspecified atom stereocenters. The SMILES string of the molecule is CC(Cc1ccccc1F)C(=O)Nc1ccccc1N1CCOC1=O. The number of carbonyl (C=O) groups is 2. The average Bonchev–Trinajstić information content (AvgIpc) is 3.03. The number of cyclic esters (lactones) is 1. The lowest BCUT2D eigenvalue weighted by Gasteiger charge is -2.19. The fourth-order valence-electron chi connectivity index (χ4n) is 2.77. The molecule has 2 aromatic rings. The summed E-state index contributed by atoms with van der Waals surface area (Å²) in [5.41, 5.74) is 1.63. The summed E-state index contributed by atoms with van der Waals surface area (Å²) in [6.45, 7) is 2.51. The van der Waals surface area contributed by atoms with E-state index in [2.05, 4.69) is 5.32 Å². The van der Waals surface area contributed by atoms with E-state index >= 15 is 0 Å². The number of carbonyl (C=O) groups excluding carboxylic acids is 2. The minimum absolute atomic E-state index is 0.233. The Bertz CT molecular complexity index is 794. The zero-order valence-electron chi connectivity index (χ0n) is 13.9. The van der Waals surface area contributed by atoms with Crippen molar-refractivity contribution in [1.29, 1.82) is 0 Å². The van der Waals surface area contributed by atoms with Crippen molar-refractivity contribution in [3.05, 3.63) is 59.9 Å². The van der Waals surface area contributed by atoms with Crippen LogP contribution in [0.15, 0.2) is 48.5 Å². The molecule has 25 heavy (non-hydrogen) atoms. The van der Waals surface area contributed by atoms with E-state index in [1.54, 1.807) is 49.4 Å². The van der Waals surface area contributed by atoms with E-state index < -0.39 is 12.0 Å². The number of para-hydroxylation sites is 2. The number of nitrogens with zero attached hydrogens (tertiary/aromatic N) is 1. The number of halogens is 1. The van der Waals surface area contributed by atoms with E-state index in [1.807, 2.05) is 0 Å². The van der Waals surface area contributed by atoms with Crippen molar-refractivity contribution >= 4 is 23.4 Å². The minimum atomic E-state index is -0.430. The summed E-state index contributed by atoms with van der Waals surface area (Å²) < 4.78 is 18.7. The van der Waals surface area contributed by atoms with Gasteiger partial charge in [-0.1, -0.05) is 37.3 Å². The number of ether oxygens (including phenoxy) is 1. The van der Waals surface area contributed by atoms with Crippen molar-refractivity contribution in [2.24, 2.45) is 5.92 Å². The highest BCUT2D eigenvalue weighted by molar-refractivity contribution is 6.00. The van der Waals surface area contributed by atoms with Crippen LogP contribution in [0.4, 0.5) is 20.6 Å². The highest BCUT2D eigenvalue weighted by Crippen LogP contribution is 2.28. The fraction of sp³-hybridized carbons (Fsp3) is 0.263. The summed E-state index contributed by atoms with van der Waals surface area (Å²) in [6, 6.07) is 13.5. The van der Waals surface area contributed by atoms with Crippen LogP contribution < -0.4 is 10.2 Å². The molecule has 1 fully saturated rings. The third kappa shape index (κ3) is 3.79. The molecule has 0 aromatic heterocycles. The Morgan fingerprint density at radius 2 is 1.96 bits per heavy atom. The summed E-state index contributed by atoms with van der Waals surface area (Å²) in [4.78, 5) is 25.8. The molecular formula is C19H19FN2O3. The van der Waals surface area contributed by atoms with Gasteiger partial charge >= 0.3 is 6.09 Å². The average molecular weight is 342 g/mol. The summed E-state index contributed by atoms with van der Waals surface area (Å²) in [5, 5.41) is 2.84. The minimum Gasteiger partial charge on any atom is -0.447 e. The molecule has 2 aromatic carbocycles. The lowest BCUT2D eigenvalue weighted by molar-refractivity contribution is -0.119. The highest BCUT2D eigenvalue weighted by Gasteiger charge is 2.26. The maximum Gasteiger partial charge on any atom is 0.414 e. The van der Waals surface area contributed by atoms with Gasteiger partial charge in [-0.05, 0) is 30.2 Å². The van der Waals surface area contributed by atoms with Crippen LogP contribution in [0.1, 0.15) is 12.5 Å². The molecule has 1 aliphatic heterocycles. The first kappa shape index (κ1) is 17.0. The number of rotatable bonds is 5. The molecule has 0 radical (unpaired) electrons. The molecule has 0 bridgehead atoms. The van der Waals surface area contributed by atoms with Gasteiger partial charge < -0.3 is 10.1 Å². The van der Waals surface area contributed by atoms with Crippen LogP contribution in [-0.4, -0.2) is 25.2 Å². The Kier molecular flexibility index (Phi) is 4.97. The van der Waals surface area contributed by atoms with Gasteiger partial charge in [-0.3, -0.25) is 9.69 Å². The van der Waals surface area contributed by atoms with Gasteiger partial charge in [0, 0.05) is 5.92 Å². The number of hydrogen-bond donors (Lipinski definition) is 1. The van der Waals surface area contributed by atoms with Crippen molar-refractivity contribution in [3.8, 4) is 0 Å². The second-order valence-corrected chi connectivity index (χ2v) is 5.97. The second kappa shape index (κ2) is 7.34. The van der Waals surface area contributed by atoms with Crippen LogP contribution >= 0.6 is 0 Å². The standard InChI is InChI=1S/C19H19FN2O3/c1-13(12-14-6-2-3-7-15(14)20)18(23)21-16-8-4-5-9-17(16)22-10-11-25-19(22)24/h2-9,13H,10-12H2,1H3,(H,21,23). The number of amides is 2. The van der Waals surface area contributed by atoms with Gasteiger partial charge in [-0.15, -0.1) is 0 Å². The van der Waals surface area contributed by atoms with E-state index in [4.69, 9.17) is 4.74 Å². The Morgan fingerprint density at radius 1 is 1.24 bits per heavy atom. The molecule has 1 heterocycles. The maximum atomic E-state index is 13.8. The summed E-state index contributed by atoms with van der Waals surface area (Å²) in [6.07, 6.45) is -0.131. The van der Waals surface area contributed by atoms with Gasteiger partial charge in [0.15, 0.2) is 0 Å². The first-order chi connectivity index (χ1) is 12.1. The third-order valence-electron chi connectivity index (χ3n) is 4.15. The highest BCUT2D eigenvalue weighted by atomic mass is 19.1. The molecule has 0 spiro atoms. The van der Waals surface area contributed by atoms with E-state index in [9.17, 15) is 14.0 Å². The molecule has 0 aliphatic carbocycles. The maximum absolute atomic E-state index is 13.8. The topological polar surface area (TPSA) is 58.6 Å². The largest absolute Gasteiger partial charge is 0.447 e. The molecule has 0 saturated carbocycles. The molecular weight excluding hydrogens is 323 g/mol. The zero-order valence-corrected chi connectivity index (χ0v) is 13.9. The van der Waals surface area contributed by atoms with Crippen molar-refractivity contribution < 1.29 is 18.7 Å². The Morgan fingerprint density at radius 3 is 2.68 bits per heavy atom. The second-order valence-electron chi connectivity index (χ2n) is 5.97. The van der Waals surface area contributed by atoms with Crippen LogP contribution in [0.25, 0.3) is 0 Å². The van der Waals surface area contributed by atoms with Crippen molar-refractivity contribution in [1.82, 2.24) is 0 Å². The molecule has 1 atom stereocenters. The molecule has 2 amide bonds. The van der Waals surface area contributed by atoms with Crippen LogP contribution in [0.5, 0.6) is 0 Å². The first-order valence-electron chi connectivity index (χ1n) is 8.14. The van der Waals surface area contributed by atoms with Gasteiger partial charge in [0.1, 0.15) is 12.4 Å². The normalized spacial score (nSPS) is 15.0. The van der Waals surface area contributed by atoms with Crippen LogP contribution in [0, 0.1) is 11.7 Å². The summed E-state index contributed by atoms with van der Waals surface area (Å²) in [5.74, 6) is -0.971. The molecule has 1 saturated heterocycles. The number of nitrogens with one attached hydrogen (secondary N) is 1. The van der Waals surface area contributed by atoms with Gasteiger partial charge in [0.2, 0.25) is 5.91 Å². The van der Waals surface area contributed by atoms with Gasteiger partial charge in [0.05, 0.1) is 17.9 Å². The van der Waals surface area contributed by atoms with Crippen molar-refractivity contribution in [2.45, 2.75) is 13.3 Å². The van der Waals surface area contributed by atoms with E-state index in [1.165, 1.54) is 11.0 Å². The Hall–Kier alpha value is -2.89. The molecule has 130 valence electrons. The van der Waals surface area contributed by atoms with E-state index in [0.717, 1.165) is 0 Å². The van der Waals surface area contributed by atoms with Gasteiger partial charge in [-0.25, -0.2) is 9.18 Å². The number of anilines is 2. The molecule has 1 aliphatic rings. The summed E-state index contributed by atoms with van der Waals surface area (Å²) >= 11 is 0. The van der Waals surface area contributed by atoms with E-state index in [0.29, 0.717) is 36.5 Å². The fourth-order valence-corrected chi connectivity index (χ4v) is 2.77. The Labute approximate surface area is 145 Å². The molecule has 1 N–H and O–H groups in total. The number of benzene rings is 2. The Balaban J connectivity index is 1.73. The smallest absolute Gasteiger partial charge is 0.414 e. The van der Waals surface area contributed by atoms with E-state index in [-0.39, 0.29) is 11.7 Å². The third-order valence-corrected chi connectivity index (χ3v) is 4.15. The predicted molar refractivity (Wildman–Crippen MR) is 93.0 cm³/mol. The lowest BCUT2D eigenvalue weighted by atomic mass is 10.00. The molecule has 5 nitrogen and oxygen atoms in total. The predicted octanol–water partition coefficient (Wildman–Crippen LogP) is 3.60. The molecule has 3 rings (SSSR count). The zero-order chi connectivity index (χ0) is 17.8. The first-order valence-corrected chi connectivity index (χ1v) is 8.14. The molecule has 6 heteroatoms. The quantitative estimate of drug-likeness (QED) is 0.903. The van der Waals surface area contributed by atoms with Crippen LogP contribution in [0.2, 0.25) is 0 Å². The summed E-state index contributed by atoms with van der Waals surface area (Å²) in [7, 11) is 0. The monoisotopic (exact) mass is 342 g/mol. The van der Waals surface area contributed by atoms with Gasteiger partial charge in [0.25, 0.3) is 0 Å². The van der Waals surface area contributed by atoms with Gasteiger partial charge in [-0.2, -0.15) is 0 Å². The lowest BCUT2D eigenvalue weighted by Crippen LogP contribution is -2.27. The number of hydrogen-bond acceptors (Lipinski definition) is 3. The van der Waals surface area contributed by atoms with Crippen molar-refractivity contribution in [2.75, 3.05) is 23.4 Å².